The fraction of sp³-hybridized carbons (Fsp3) is 0.846. The van der Waals surface area contributed by atoms with Crippen LogP contribution in [0.3, 0.4) is 0 Å². The third-order valence-electron chi connectivity index (χ3n) is 3.13. The molecule has 0 amide bonds. The van der Waals surface area contributed by atoms with Gasteiger partial charge in [0.05, 0.1) is 0 Å². The van der Waals surface area contributed by atoms with Crippen molar-refractivity contribution in [3.63, 3.8) is 0 Å². The van der Waals surface area contributed by atoms with E-state index in [-0.39, 0.29) is 0 Å². The van der Waals surface area contributed by atoms with Gasteiger partial charge in [-0.1, -0.05) is 37.8 Å². The molecule has 1 rings (SSSR count). The highest BCUT2D eigenvalue weighted by molar-refractivity contribution is 5.06. The van der Waals surface area contributed by atoms with Crippen LogP contribution in [-0.2, 0) is 0 Å². The molecule has 0 radical (unpaired) electrons. The van der Waals surface area contributed by atoms with Crippen molar-refractivity contribution in [3.05, 3.63) is 11.6 Å². The zero-order valence-corrected chi connectivity index (χ0v) is 9.47. The van der Waals surface area contributed by atoms with Crippen LogP contribution < -0.4 is 0 Å². The third-order valence-corrected chi connectivity index (χ3v) is 3.13. The van der Waals surface area contributed by atoms with Crippen molar-refractivity contribution in [2.24, 2.45) is 5.92 Å². The lowest BCUT2D eigenvalue weighted by Crippen LogP contribution is -2.05. The second kappa shape index (κ2) is 7.05. The van der Waals surface area contributed by atoms with Crippen LogP contribution in [0.2, 0.25) is 0 Å². The predicted molar refractivity (Wildman–Crippen MR) is 61.3 cm³/mol. The summed E-state index contributed by atoms with van der Waals surface area (Å²) in [5, 5.41) is 9.24. The van der Waals surface area contributed by atoms with Crippen molar-refractivity contribution in [2.45, 2.75) is 58.3 Å². The highest BCUT2D eigenvalue weighted by Gasteiger charge is 2.09. The van der Waals surface area contributed by atoms with Gasteiger partial charge in [-0.25, -0.2) is 0 Å². The normalized spacial score (nSPS) is 19.4. The van der Waals surface area contributed by atoms with Crippen LogP contribution in [0.25, 0.3) is 0 Å². The molecule has 0 aromatic heterocycles. The molecule has 14 heavy (non-hydrogen) atoms. The molecule has 1 unspecified atom stereocenters. The van der Waals surface area contributed by atoms with Crippen LogP contribution in [0, 0.1) is 5.92 Å². The first-order valence-electron chi connectivity index (χ1n) is 6.17. The average molecular weight is 196 g/mol. The topological polar surface area (TPSA) is 20.2 Å². The summed E-state index contributed by atoms with van der Waals surface area (Å²) in [6.45, 7) is 2.55. The average Bonchev–Trinajstić information content (AvgIpc) is 2.25. The smallest absolute Gasteiger partial charge is 0.0493 e. The quantitative estimate of drug-likeness (QED) is 0.665. The highest BCUT2D eigenvalue weighted by Crippen LogP contribution is 2.25. The SMILES string of the molecule is CCCCC(C=C1CCCCC1)CO. The predicted octanol–water partition coefficient (Wildman–Crippen LogP) is 3.68. The van der Waals surface area contributed by atoms with E-state index < -0.39 is 0 Å². The van der Waals surface area contributed by atoms with Crippen molar-refractivity contribution >= 4 is 0 Å². The Morgan fingerprint density at radius 3 is 2.57 bits per heavy atom. The van der Waals surface area contributed by atoms with Crippen LogP contribution in [0.15, 0.2) is 11.6 Å². The lowest BCUT2D eigenvalue weighted by Gasteiger charge is -2.17. The molecule has 0 aromatic carbocycles. The molecular formula is C13H24O. The van der Waals surface area contributed by atoms with Crippen molar-refractivity contribution in [1.82, 2.24) is 0 Å². The number of rotatable bonds is 5. The van der Waals surface area contributed by atoms with E-state index in [9.17, 15) is 5.11 Å². The van der Waals surface area contributed by atoms with Gasteiger partial charge in [0.1, 0.15) is 0 Å². The van der Waals surface area contributed by atoms with E-state index in [0.29, 0.717) is 12.5 Å². The summed E-state index contributed by atoms with van der Waals surface area (Å²) in [5.41, 5.74) is 1.60. The first-order chi connectivity index (χ1) is 6.86. The van der Waals surface area contributed by atoms with Gasteiger partial charge in [-0.3, -0.25) is 0 Å². The van der Waals surface area contributed by atoms with Gasteiger partial charge < -0.3 is 5.11 Å². The molecule has 82 valence electrons. The van der Waals surface area contributed by atoms with E-state index >= 15 is 0 Å². The number of hydrogen-bond acceptors (Lipinski definition) is 1. The zero-order chi connectivity index (χ0) is 10.2. The fourth-order valence-corrected chi connectivity index (χ4v) is 2.20. The standard InChI is InChI=1S/C13H24O/c1-2-3-7-13(11-14)10-12-8-5-4-6-9-12/h10,13-14H,2-9,11H2,1H3. The lowest BCUT2D eigenvalue weighted by molar-refractivity contribution is 0.243. The molecular weight excluding hydrogens is 172 g/mol. The third kappa shape index (κ3) is 4.28. The van der Waals surface area contributed by atoms with Gasteiger partial charge in [0, 0.05) is 12.5 Å². The summed E-state index contributed by atoms with van der Waals surface area (Å²) < 4.78 is 0. The van der Waals surface area contributed by atoms with Gasteiger partial charge in [0.15, 0.2) is 0 Å². The van der Waals surface area contributed by atoms with Crippen molar-refractivity contribution in [3.8, 4) is 0 Å². The molecule has 1 nitrogen and oxygen atoms in total. The number of unbranched alkanes of at least 4 members (excludes halogenated alkanes) is 1. The Morgan fingerprint density at radius 1 is 1.29 bits per heavy atom. The minimum absolute atomic E-state index is 0.337. The Balaban J connectivity index is 2.35. The summed E-state index contributed by atoms with van der Waals surface area (Å²) in [4.78, 5) is 0. The van der Waals surface area contributed by atoms with Crippen molar-refractivity contribution in [1.29, 1.82) is 0 Å². The molecule has 0 aromatic rings. The largest absolute Gasteiger partial charge is 0.396 e. The van der Waals surface area contributed by atoms with Crippen LogP contribution in [0.4, 0.5) is 0 Å². The van der Waals surface area contributed by atoms with Crippen LogP contribution in [0.5, 0.6) is 0 Å². The maximum Gasteiger partial charge on any atom is 0.0493 e. The van der Waals surface area contributed by atoms with E-state index in [1.165, 1.54) is 44.9 Å². The van der Waals surface area contributed by atoms with Crippen molar-refractivity contribution in [2.75, 3.05) is 6.61 Å². The van der Waals surface area contributed by atoms with Gasteiger partial charge in [-0.05, 0) is 32.1 Å². The second-order valence-electron chi connectivity index (χ2n) is 4.47. The summed E-state index contributed by atoms with van der Waals surface area (Å²) >= 11 is 0. The van der Waals surface area contributed by atoms with E-state index in [0.717, 1.165) is 6.42 Å². The van der Waals surface area contributed by atoms with Crippen molar-refractivity contribution < 1.29 is 5.11 Å². The molecule has 1 atom stereocenters. The summed E-state index contributed by atoms with van der Waals surface area (Å²) in [6.07, 6.45) is 12.7. The molecule has 0 bridgehead atoms. The monoisotopic (exact) mass is 196 g/mol. The number of aliphatic hydroxyl groups is 1. The molecule has 0 aliphatic heterocycles. The molecule has 1 heteroatoms. The minimum atomic E-state index is 0.337. The maximum absolute atomic E-state index is 9.24. The Labute approximate surface area is 88.2 Å². The summed E-state index contributed by atoms with van der Waals surface area (Å²) in [6, 6.07) is 0. The van der Waals surface area contributed by atoms with Gasteiger partial charge in [0.2, 0.25) is 0 Å². The van der Waals surface area contributed by atoms with Gasteiger partial charge in [-0.15, -0.1) is 0 Å². The van der Waals surface area contributed by atoms with E-state index in [1.807, 2.05) is 0 Å². The molecule has 1 saturated carbocycles. The van der Waals surface area contributed by atoms with Crippen LogP contribution >= 0.6 is 0 Å². The Kier molecular flexibility index (Phi) is 5.93. The van der Waals surface area contributed by atoms with Crippen LogP contribution in [0.1, 0.15) is 58.3 Å². The first-order valence-corrected chi connectivity index (χ1v) is 6.17. The molecule has 0 spiro atoms. The Hall–Kier alpha value is -0.300. The van der Waals surface area contributed by atoms with Gasteiger partial charge in [-0.2, -0.15) is 0 Å². The Morgan fingerprint density at radius 2 is 2.00 bits per heavy atom. The summed E-state index contributed by atoms with van der Waals surface area (Å²) in [7, 11) is 0. The first kappa shape index (κ1) is 11.8. The molecule has 1 fully saturated rings. The molecule has 0 heterocycles. The van der Waals surface area contributed by atoms with Gasteiger partial charge >= 0.3 is 0 Å². The molecule has 0 saturated heterocycles. The number of hydrogen-bond donors (Lipinski definition) is 1. The molecule has 1 aliphatic rings. The van der Waals surface area contributed by atoms with E-state index in [1.54, 1.807) is 5.57 Å². The highest BCUT2D eigenvalue weighted by atomic mass is 16.3. The van der Waals surface area contributed by atoms with E-state index in [4.69, 9.17) is 0 Å². The maximum atomic E-state index is 9.24. The Bertz CT molecular complexity index is 164. The minimum Gasteiger partial charge on any atom is -0.396 e. The lowest BCUT2D eigenvalue weighted by atomic mass is 9.90. The number of aliphatic hydroxyl groups excluding tert-OH is 1. The second-order valence-corrected chi connectivity index (χ2v) is 4.47. The van der Waals surface area contributed by atoms with E-state index in [2.05, 4.69) is 13.0 Å². The molecule has 1 N–H and O–H groups in total. The fourth-order valence-electron chi connectivity index (χ4n) is 2.20. The summed E-state index contributed by atoms with van der Waals surface area (Å²) in [5.74, 6) is 0.433. The zero-order valence-electron chi connectivity index (χ0n) is 9.47. The number of allylic oxidation sites excluding steroid dienone is 1. The van der Waals surface area contributed by atoms with Gasteiger partial charge in [0.25, 0.3) is 0 Å². The molecule has 1 aliphatic carbocycles. The van der Waals surface area contributed by atoms with Crippen LogP contribution in [-0.4, -0.2) is 11.7 Å².